The van der Waals surface area contributed by atoms with Crippen LogP contribution in [0, 0.1) is 5.92 Å². The number of carboxylic acid groups (broad SMARTS) is 1. The average Bonchev–Trinajstić information content (AvgIpc) is 3.05. The first-order valence-corrected chi connectivity index (χ1v) is 9.19. The SMILES string of the molecule is CCN(CC)CCOC(C)C1CCCC1(C(=O)O)c1ccccc1. The number of ether oxygens (including phenoxy) is 1. The molecular weight excluding hydrogens is 302 g/mol. The summed E-state index contributed by atoms with van der Waals surface area (Å²) in [5.41, 5.74) is 0.106. The Labute approximate surface area is 145 Å². The van der Waals surface area contributed by atoms with Crippen LogP contribution in [0.3, 0.4) is 0 Å². The Kier molecular flexibility index (Phi) is 6.81. The van der Waals surface area contributed by atoms with Crippen LogP contribution in [0.15, 0.2) is 30.3 Å². The van der Waals surface area contributed by atoms with Crippen LogP contribution >= 0.6 is 0 Å². The van der Waals surface area contributed by atoms with Crippen LogP contribution in [0.25, 0.3) is 0 Å². The smallest absolute Gasteiger partial charge is 0.314 e. The van der Waals surface area contributed by atoms with Crippen LogP contribution in [0.5, 0.6) is 0 Å². The van der Waals surface area contributed by atoms with Gasteiger partial charge in [-0.05, 0) is 38.4 Å². The Bertz CT molecular complexity index is 515. The molecule has 134 valence electrons. The van der Waals surface area contributed by atoms with Gasteiger partial charge in [-0.1, -0.05) is 50.6 Å². The number of hydrogen-bond donors (Lipinski definition) is 1. The van der Waals surface area contributed by atoms with Crippen molar-refractivity contribution < 1.29 is 14.6 Å². The van der Waals surface area contributed by atoms with E-state index in [-0.39, 0.29) is 12.0 Å². The van der Waals surface area contributed by atoms with Crippen LogP contribution in [-0.2, 0) is 14.9 Å². The second-order valence-electron chi connectivity index (χ2n) is 6.74. The molecule has 4 nitrogen and oxygen atoms in total. The van der Waals surface area contributed by atoms with Gasteiger partial charge in [0.05, 0.1) is 18.1 Å². The third-order valence-corrected chi connectivity index (χ3v) is 5.64. The molecule has 1 fully saturated rings. The third kappa shape index (κ3) is 3.81. The zero-order valence-corrected chi connectivity index (χ0v) is 15.2. The molecule has 1 N–H and O–H groups in total. The lowest BCUT2D eigenvalue weighted by molar-refractivity contribution is -0.148. The van der Waals surface area contributed by atoms with E-state index in [1.165, 1.54) is 0 Å². The van der Waals surface area contributed by atoms with Crippen molar-refractivity contribution in [2.45, 2.75) is 51.6 Å². The van der Waals surface area contributed by atoms with Crippen LogP contribution in [-0.4, -0.2) is 48.3 Å². The molecule has 1 aromatic rings. The fourth-order valence-electron chi connectivity index (χ4n) is 4.17. The summed E-state index contributed by atoms with van der Waals surface area (Å²) in [6.45, 7) is 9.92. The quantitative estimate of drug-likeness (QED) is 0.751. The third-order valence-electron chi connectivity index (χ3n) is 5.64. The molecule has 0 heterocycles. The minimum atomic E-state index is -0.810. The number of nitrogens with zero attached hydrogens (tertiary/aromatic N) is 1. The van der Waals surface area contributed by atoms with E-state index in [0.29, 0.717) is 13.0 Å². The summed E-state index contributed by atoms with van der Waals surface area (Å²) < 4.78 is 6.08. The van der Waals surface area contributed by atoms with E-state index in [0.717, 1.165) is 38.0 Å². The number of carboxylic acids is 1. The van der Waals surface area contributed by atoms with Crippen molar-refractivity contribution >= 4 is 5.97 Å². The van der Waals surface area contributed by atoms with E-state index in [9.17, 15) is 9.90 Å². The molecule has 0 aliphatic heterocycles. The van der Waals surface area contributed by atoms with Gasteiger partial charge in [-0.25, -0.2) is 0 Å². The maximum Gasteiger partial charge on any atom is 0.314 e. The van der Waals surface area contributed by atoms with Crippen molar-refractivity contribution in [2.24, 2.45) is 5.92 Å². The number of hydrogen-bond acceptors (Lipinski definition) is 3. The maximum absolute atomic E-state index is 12.2. The molecule has 3 unspecified atom stereocenters. The molecule has 1 aromatic carbocycles. The molecule has 1 aliphatic rings. The minimum Gasteiger partial charge on any atom is -0.481 e. The summed E-state index contributed by atoms with van der Waals surface area (Å²) in [5, 5.41) is 10.1. The molecule has 4 heteroatoms. The van der Waals surface area contributed by atoms with E-state index in [1.54, 1.807) is 0 Å². The Morgan fingerprint density at radius 1 is 1.33 bits per heavy atom. The highest BCUT2D eigenvalue weighted by molar-refractivity contribution is 5.82. The second kappa shape index (κ2) is 8.63. The first-order chi connectivity index (χ1) is 11.6. The topological polar surface area (TPSA) is 49.8 Å². The molecule has 0 spiro atoms. The lowest BCUT2D eigenvalue weighted by Crippen LogP contribution is -2.45. The predicted octanol–water partition coefficient (Wildman–Crippen LogP) is 3.56. The summed E-state index contributed by atoms with van der Waals surface area (Å²) in [6, 6.07) is 9.71. The van der Waals surface area contributed by atoms with E-state index < -0.39 is 11.4 Å². The van der Waals surface area contributed by atoms with E-state index in [2.05, 4.69) is 18.7 Å². The summed E-state index contributed by atoms with van der Waals surface area (Å²) >= 11 is 0. The van der Waals surface area contributed by atoms with Crippen molar-refractivity contribution in [1.29, 1.82) is 0 Å². The Hall–Kier alpha value is -1.39. The predicted molar refractivity (Wildman–Crippen MR) is 96.3 cm³/mol. The largest absolute Gasteiger partial charge is 0.481 e. The van der Waals surface area contributed by atoms with Crippen molar-refractivity contribution in [2.75, 3.05) is 26.2 Å². The zero-order chi connectivity index (χ0) is 17.6. The number of rotatable bonds is 9. The fraction of sp³-hybridized carbons (Fsp3) is 0.650. The first kappa shape index (κ1) is 18.9. The zero-order valence-electron chi connectivity index (χ0n) is 15.2. The van der Waals surface area contributed by atoms with Crippen LogP contribution in [0.2, 0.25) is 0 Å². The van der Waals surface area contributed by atoms with E-state index >= 15 is 0 Å². The number of benzene rings is 1. The molecule has 1 saturated carbocycles. The summed E-state index contributed by atoms with van der Waals surface area (Å²) in [4.78, 5) is 14.6. The van der Waals surface area contributed by atoms with E-state index in [4.69, 9.17) is 4.74 Å². The molecule has 0 saturated heterocycles. The lowest BCUT2D eigenvalue weighted by Gasteiger charge is -2.35. The van der Waals surface area contributed by atoms with Crippen LogP contribution in [0.4, 0.5) is 0 Å². The normalized spacial score (nSPS) is 25.1. The molecule has 0 bridgehead atoms. The van der Waals surface area contributed by atoms with E-state index in [1.807, 2.05) is 37.3 Å². The summed E-state index contributed by atoms with van der Waals surface area (Å²) in [7, 11) is 0. The van der Waals surface area contributed by atoms with Gasteiger partial charge in [-0.3, -0.25) is 4.79 Å². The van der Waals surface area contributed by atoms with Crippen molar-refractivity contribution in [3.63, 3.8) is 0 Å². The standard InChI is InChI=1S/C20H31NO3/c1-4-21(5-2)14-15-24-16(3)18-12-9-13-20(18,19(22)23)17-10-7-6-8-11-17/h6-8,10-11,16,18H,4-5,9,12-15H2,1-3H3,(H,22,23). The molecule has 3 atom stereocenters. The molecule has 0 radical (unpaired) electrons. The number of likely N-dealkylation sites (N-methyl/N-ethyl adjacent to an activating group) is 1. The molecule has 24 heavy (non-hydrogen) atoms. The number of aliphatic carboxylic acids is 1. The van der Waals surface area contributed by atoms with Crippen LogP contribution in [0.1, 0.15) is 45.6 Å². The second-order valence-corrected chi connectivity index (χ2v) is 6.74. The molecule has 1 aliphatic carbocycles. The number of carbonyl (C=O) groups is 1. The maximum atomic E-state index is 12.2. The average molecular weight is 333 g/mol. The fourth-order valence-corrected chi connectivity index (χ4v) is 4.17. The molecule has 0 aromatic heterocycles. The Morgan fingerprint density at radius 2 is 2.00 bits per heavy atom. The van der Waals surface area contributed by atoms with Crippen molar-refractivity contribution in [3.05, 3.63) is 35.9 Å². The Balaban J connectivity index is 2.11. The van der Waals surface area contributed by atoms with Gasteiger partial charge in [0, 0.05) is 12.5 Å². The van der Waals surface area contributed by atoms with Gasteiger partial charge in [-0.2, -0.15) is 0 Å². The minimum absolute atomic E-state index is 0.0223. The highest BCUT2D eigenvalue weighted by Crippen LogP contribution is 2.48. The molecular formula is C20H31NO3. The monoisotopic (exact) mass is 333 g/mol. The van der Waals surface area contributed by atoms with Gasteiger partial charge >= 0.3 is 5.97 Å². The van der Waals surface area contributed by atoms with Crippen LogP contribution < -0.4 is 0 Å². The van der Waals surface area contributed by atoms with Gasteiger partial charge in [-0.15, -0.1) is 0 Å². The molecule has 2 rings (SSSR count). The lowest BCUT2D eigenvalue weighted by atomic mass is 9.70. The first-order valence-electron chi connectivity index (χ1n) is 9.19. The van der Waals surface area contributed by atoms with Crippen molar-refractivity contribution in [3.8, 4) is 0 Å². The van der Waals surface area contributed by atoms with Gasteiger partial charge in [0.25, 0.3) is 0 Å². The van der Waals surface area contributed by atoms with Gasteiger partial charge < -0.3 is 14.7 Å². The Morgan fingerprint density at radius 3 is 2.58 bits per heavy atom. The highest BCUT2D eigenvalue weighted by atomic mass is 16.5. The van der Waals surface area contributed by atoms with Gasteiger partial charge in [0.2, 0.25) is 0 Å². The summed E-state index contributed by atoms with van der Waals surface area (Å²) in [5.74, 6) is -0.690. The van der Waals surface area contributed by atoms with Crippen molar-refractivity contribution in [1.82, 2.24) is 4.90 Å². The van der Waals surface area contributed by atoms with Gasteiger partial charge in [0.1, 0.15) is 0 Å². The molecule has 0 amide bonds. The summed E-state index contributed by atoms with van der Waals surface area (Å²) in [6.07, 6.45) is 2.49. The van der Waals surface area contributed by atoms with Gasteiger partial charge in [0.15, 0.2) is 0 Å². The highest BCUT2D eigenvalue weighted by Gasteiger charge is 2.52.